The lowest BCUT2D eigenvalue weighted by Gasteiger charge is -2.34. The van der Waals surface area contributed by atoms with Gasteiger partial charge in [-0.15, -0.1) is 0 Å². The average Bonchev–Trinajstić information content (AvgIpc) is 3.15. The van der Waals surface area contributed by atoms with Crippen LogP contribution in [0, 0.1) is 5.82 Å². The van der Waals surface area contributed by atoms with Gasteiger partial charge < -0.3 is 9.64 Å². The van der Waals surface area contributed by atoms with Crippen LogP contribution in [0.3, 0.4) is 0 Å². The minimum atomic E-state index is -0.234. The van der Waals surface area contributed by atoms with Gasteiger partial charge in [0.2, 0.25) is 5.91 Å². The molecule has 0 bridgehead atoms. The molecular weight excluding hydrogens is 295 g/mol. The molecule has 0 aromatic heterocycles. The Morgan fingerprint density at radius 1 is 1.26 bits per heavy atom. The third-order valence-corrected chi connectivity index (χ3v) is 5.18. The Kier molecular flexibility index (Phi) is 4.85. The van der Waals surface area contributed by atoms with Gasteiger partial charge in [0.25, 0.3) is 0 Å². The zero-order chi connectivity index (χ0) is 16.4. The summed E-state index contributed by atoms with van der Waals surface area (Å²) in [7, 11) is 1.62. The molecule has 1 aromatic carbocycles. The standard InChI is InChI=1S/C18H25FN2O2/c1-13(22)21-10-4-6-17(21)16-5-3-9-20(16)12-14-11-15(19)7-8-18(14)23-2/h7-8,11,16-17H,3-6,9-10,12H2,1-2H3/t16-,17+/m0/s1. The molecule has 3 rings (SSSR count). The van der Waals surface area contributed by atoms with E-state index in [0.717, 1.165) is 50.1 Å². The van der Waals surface area contributed by atoms with Crippen LogP contribution in [0.5, 0.6) is 5.75 Å². The Balaban J connectivity index is 1.77. The lowest BCUT2D eigenvalue weighted by Crippen LogP contribution is -2.47. The van der Waals surface area contributed by atoms with Crippen molar-refractivity contribution in [3.63, 3.8) is 0 Å². The molecule has 4 nitrogen and oxygen atoms in total. The highest BCUT2D eigenvalue weighted by Gasteiger charge is 2.38. The third kappa shape index (κ3) is 3.34. The molecule has 2 atom stereocenters. The van der Waals surface area contributed by atoms with Crippen molar-refractivity contribution >= 4 is 5.91 Å². The molecule has 0 saturated carbocycles. The van der Waals surface area contributed by atoms with Crippen LogP contribution in [-0.2, 0) is 11.3 Å². The highest BCUT2D eigenvalue weighted by Crippen LogP contribution is 2.32. The summed E-state index contributed by atoms with van der Waals surface area (Å²) in [5.41, 5.74) is 0.881. The van der Waals surface area contributed by atoms with Crippen molar-refractivity contribution in [1.82, 2.24) is 9.80 Å². The molecule has 1 aromatic rings. The van der Waals surface area contributed by atoms with Crippen LogP contribution in [0.4, 0.5) is 4.39 Å². The molecule has 126 valence electrons. The van der Waals surface area contributed by atoms with E-state index in [0.29, 0.717) is 18.6 Å². The number of carbonyl (C=O) groups is 1. The number of carbonyl (C=O) groups excluding carboxylic acids is 1. The van der Waals surface area contributed by atoms with E-state index < -0.39 is 0 Å². The van der Waals surface area contributed by atoms with E-state index in [-0.39, 0.29) is 11.7 Å². The topological polar surface area (TPSA) is 32.8 Å². The second kappa shape index (κ2) is 6.87. The summed E-state index contributed by atoms with van der Waals surface area (Å²) in [6.45, 7) is 4.20. The maximum Gasteiger partial charge on any atom is 0.219 e. The maximum absolute atomic E-state index is 13.6. The average molecular weight is 320 g/mol. The van der Waals surface area contributed by atoms with Crippen molar-refractivity contribution in [3.8, 4) is 5.75 Å². The fourth-order valence-electron chi connectivity index (χ4n) is 4.16. The molecule has 0 radical (unpaired) electrons. The maximum atomic E-state index is 13.6. The smallest absolute Gasteiger partial charge is 0.219 e. The summed E-state index contributed by atoms with van der Waals surface area (Å²) < 4.78 is 19.0. The highest BCUT2D eigenvalue weighted by atomic mass is 19.1. The molecule has 5 heteroatoms. The van der Waals surface area contributed by atoms with E-state index in [4.69, 9.17) is 4.74 Å². The summed E-state index contributed by atoms with van der Waals surface area (Å²) in [5, 5.41) is 0. The number of methoxy groups -OCH3 is 1. The zero-order valence-electron chi connectivity index (χ0n) is 13.9. The minimum absolute atomic E-state index is 0.169. The monoisotopic (exact) mass is 320 g/mol. The number of ether oxygens (including phenoxy) is 1. The Bertz CT molecular complexity index is 578. The van der Waals surface area contributed by atoms with Crippen molar-refractivity contribution in [3.05, 3.63) is 29.6 Å². The van der Waals surface area contributed by atoms with Crippen molar-refractivity contribution in [2.75, 3.05) is 20.2 Å². The molecule has 2 aliphatic rings. The molecule has 0 unspecified atom stereocenters. The predicted molar refractivity (Wildman–Crippen MR) is 86.8 cm³/mol. The second-order valence-electron chi connectivity index (χ2n) is 6.56. The van der Waals surface area contributed by atoms with Crippen LogP contribution in [0.1, 0.15) is 38.2 Å². The number of halogens is 1. The molecule has 0 spiro atoms. The second-order valence-corrected chi connectivity index (χ2v) is 6.56. The number of rotatable bonds is 4. The summed E-state index contributed by atoms with van der Waals surface area (Å²) >= 11 is 0. The Hall–Kier alpha value is -1.62. The first-order chi connectivity index (χ1) is 11.1. The van der Waals surface area contributed by atoms with E-state index in [9.17, 15) is 9.18 Å². The fourth-order valence-corrected chi connectivity index (χ4v) is 4.16. The fraction of sp³-hybridized carbons (Fsp3) is 0.611. The Morgan fingerprint density at radius 2 is 2.00 bits per heavy atom. The third-order valence-electron chi connectivity index (χ3n) is 5.18. The van der Waals surface area contributed by atoms with Crippen LogP contribution in [0.15, 0.2) is 18.2 Å². The largest absolute Gasteiger partial charge is 0.496 e. The van der Waals surface area contributed by atoms with Crippen LogP contribution in [-0.4, -0.2) is 48.0 Å². The molecular formula is C18H25FN2O2. The Labute approximate surface area is 137 Å². The molecule has 23 heavy (non-hydrogen) atoms. The van der Waals surface area contributed by atoms with Crippen molar-refractivity contribution < 1.29 is 13.9 Å². The molecule has 2 aliphatic heterocycles. The molecule has 2 heterocycles. The summed E-state index contributed by atoms with van der Waals surface area (Å²) in [5.74, 6) is 0.664. The first kappa shape index (κ1) is 16.2. The van der Waals surface area contributed by atoms with Gasteiger partial charge in [-0.3, -0.25) is 9.69 Å². The lowest BCUT2D eigenvalue weighted by atomic mass is 10.0. The summed E-state index contributed by atoms with van der Waals surface area (Å²) in [6, 6.07) is 5.35. The number of benzene rings is 1. The van der Waals surface area contributed by atoms with E-state index in [1.807, 2.05) is 4.90 Å². The molecule has 2 saturated heterocycles. The normalized spacial score (nSPS) is 25.1. The van der Waals surface area contributed by atoms with E-state index in [1.54, 1.807) is 26.2 Å². The zero-order valence-corrected chi connectivity index (χ0v) is 13.9. The number of hydrogen-bond donors (Lipinski definition) is 0. The van der Waals surface area contributed by atoms with Gasteiger partial charge in [0.15, 0.2) is 0 Å². The first-order valence-corrected chi connectivity index (χ1v) is 8.44. The van der Waals surface area contributed by atoms with Gasteiger partial charge in [0, 0.05) is 37.7 Å². The van der Waals surface area contributed by atoms with Crippen LogP contribution in [0.2, 0.25) is 0 Å². The van der Waals surface area contributed by atoms with E-state index in [2.05, 4.69) is 4.90 Å². The SMILES string of the molecule is COc1ccc(F)cc1CN1CCC[C@H]1[C@H]1CCCN1C(C)=O. The van der Waals surface area contributed by atoms with Crippen LogP contribution in [0.25, 0.3) is 0 Å². The summed E-state index contributed by atoms with van der Waals surface area (Å²) in [6.07, 6.45) is 4.38. The molecule has 0 aliphatic carbocycles. The number of amides is 1. The van der Waals surface area contributed by atoms with Crippen molar-refractivity contribution in [1.29, 1.82) is 0 Å². The summed E-state index contributed by atoms with van der Waals surface area (Å²) in [4.78, 5) is 16.3. The van der Waals surface area contributed by atoms with Gasteiger partial charge in [0.1, 0.15) is 11.6 Å². The number of hydrogen-bond acceptors (Lipinski definition) is 3. The minimum Gasteiger partial charge on any atom is -0.496 e. The van der Waals surface area contributed by atoms with Crippen molar-refractivity contribution in [2.45, 2.75) is 51.2 Å². The predicted octanol–water partition coefficient (Wildman–Crippen LogP) is 2.81. The molecule has 2 fully saturated rings. The highest BCUT2D eigenvalue weighted by molar-refractivity contribution is 5.74. The number of nitrogens with zero attached hydrogens (tertiary/aromatic N) is 2. The Morgan fingerprint density at radius 3 is 2.74 bits per heavy atom. The molecule has 0 N–H and O–H groups in total. The van der Waals surface area contributed by atoms with Crippen LogP contribution < -0.4 is 4.74 Å². The molecule has 1 amide bonds. The number of likely N-dealkylation sites (tertiary alicyclic amines) is 2. The lowest BCUT2D eigenvalue weighted by molar-refractivity contribution is -0.130. The van der Waals surface area contributed by atoms with Gasteiger partial charge in [-0.25, -0.2) is 4.39 Å². The quantitative estimate of drug-likeness (QED) is 0.855. The van der Waals surface area contributed by atoms with Gasteiger partial charge in [-0.05, 0) is 50.4 Å². The van der Waals surface area contributed by atoms with E-state index >= 15 is 0 Å². The van der Waals surface area contributed by atoms with Gasteiger partial charge in [0.05, 0.1) is 7.11 Å². The van der Waals surface area contributed by atoms with Gasteiger partial charge >= 0.3 is 0 Å². The van der Waals surface area contributed by atoms with Crippen molar-refractivity contribution in [2.24, 2.45) is 0 Å². The first-order valence-electron chi connectivity index (χ1n) is 8.44. The van der Waals surface area contributed by atoms with E-state index in [1.165, 1.54) is 6.07 Å². The van der Waals surface area contributed by atoms with Gasteiger partial charge in [-0.2, -0.15) is 0 Å². The van der Waals surface area contributed by atoms with Crippen LogP contribution >= 0.6 is 0 Å². The van der Waals surface area contributed by atoms with Gasteiger partial charge in [-0.1, -0.05) is 0 Å².